The molecule has 1 aromatic heterocycles. The van der Waals surface area contributed by atoms with Gasteiger partial charge in [-0.3, -0.25) is 0 Å². The highest BCUT2D eigenvalue weighted by Gasteiger charge is 2.14. The van der Waals surface area contributed by atoms with Gasteiger partial charge >= 0.3 is 0 Å². The molecule has 0 unspecified atom stereocenters. The Morgan fingerprint density at radius 2 is 1.95 bits per heavy atom. The maximum absolute atomic E-state index is 11.6. The van der Waals surface area contributed by atoms with Gasteiger partial charge in [0.2, 0.25) is 10.0 Å². The van der Waals surface area contributed by atoms with Crippen LogP contribution in [0.15, 0.2) is 0 Å². The van der Waals surface area contributed by atoms with Crippen LogP contribution in [0.2, 0.25) is 5.15 Å². The SMILES string of the molecule is CCc1nc(Cl)c(C)c(NCCS(=O)(=O)N(C)C)n1. The molecule has 0 atom stereocenters. The van der Waals surface area contributed by atoms with E-state index in [1.807, 2.05) is 6.92 Å². The zero-order valence-corrected chi connectivity index (χ0v) is 13.1. The van der Waals surface area contributed by atoms with Gasteiger partial charge in [-0.25, -0.2) is 22.7 Å². The minimum atomic E-state index is -3.21. The molecule has 6 nitrogen and oxygen atoms in total. The number of sulfonamides is 1. The van der Waals surface area contributed by atoms with Crippen LogP contribution in [0.1, 0.15) is 18.3 Å². The van der Waals surface area contributed by atoms with Crippen LogP contribution in [0.25, 0.3) is 0 Å². The van der Waals surface area contributed by atoms with E-state index in [4.69, 9.17) is 11.6 Å². The van der Waals surface area contributed by atoms with E-state index in [1.54, 1.807) is 6.92 Å². The van der Waals surface area contributed by atoms with Crippen molar-refractivity contribution in [1.82, 2.24) is 14.3 Å². The molecule has 0 saturated heterocycles. The van der Waals surface area contributed by atoms with Crippen molar-refractivity contribution in [2.24, 2.45) is 0 Å². The molecule has 8 heteroatoms. The van der Waals surface area contributed by atoms with Crippen LogP contribution in [0.5, 0.6) is 0 Å². The van der Waals surface area contributed by atoms with Crippen molar-refractivity contribution in [2.75, 3.05) is 31.7 Å². The zero-order chi connectivity index (χ0) is 14.6. The fourth-order valence-electron chi connectivity index (χ4n) is 1.34. The summed E-state index contributed by atoms with van der Waals surface area (Å²) in [7, 11) is -0.190. The van der Waals surface area contributed by atoms with Gasteiger partial charge in [0.05, 0.1) is 5.75 Å². The molecule has 0 bridgehead atoms. The minimum Gasteiger partial charge on any atom is -0.369 e. The predicted octanol–water partition coefficient (Wildman–Crippen LogP) is 1.30. The average molecular weight is 307 g/mol. The molecule has 0 spiro atoms. The molecule has 1 aromatic rings. The van der Waals surface area contributed by atoms with Gasteiger partial charge in [-0.05, 0) is 6.92 Å². The van der Waals surface area contributed by atoms with Crippen molar-refractivity contribution >= 4 is 27.4 Å². The lowest BCUT2D eigenvalue weighted by molar-refractivity contribution is 0.521. The molecule has 0 saturated carbocycles. The Morgan fingerprint density at radius 3 is 2.47 bits per heavy atom. The first-order chi connectivity index (χ1) is 8.77. The van der Waals surface area contributed by atoms with Crippen molar-refractivity contribution in [1.29, 1.82) is 0 Å². The maximum Gasteiger partial charge on any atom is 0.215 e. The molecule has 1 N–H and O–H groups in total. The number of aryl methyl sites for hydroxylation is 1. The highest BCUT2D eigenvalue weighted by molar-refractivity contribution is 7.89. The molecule has 0 radical (unpaired) electrons. The fourth-order valence-corrected chi connectivity index (χ4v) is 2.26. The molecule has 1 heterocycles. The molecule has 0 aliphatic carbocycles. The van der Waals surface area contributed by atoms with Crippen molar-refractivity contribution < 1.29 is 8.42 Å². The van der Waals surface area contributed by atoms with Crippen LogP contribution in [0.4, 0.5) is 5.82 Å². The van der Waals surface area contributed by atoms with Crippen LogP contribution in [-0.2, 0) is 16.4 Å². The molecule has 1 rings (SSSR count). The van der Waals surface area contributed by atoms with Gasteiger partial charge in [0.15, 0.2) is 0 Å². The molecule has 0 aliphatic heterocycles. The Balaban J connectivity index is 2.76. The van der Waals surface area contributed by atoms with E-state index < -0.39 is 10.0 Å². The molecule has 0 aliphatic rings. The lowest BCUT2D eigenvalue weighted by atomic mass is 10.3. The number of anilines is 1. The molecule has 0 amide bonds. The van der Waals surface area contributed by atoms with E-state index in [0.29, 0.717) is 23.2 Å². The highest BCUT2D eigenvalue weighted by atomic mass is 35.5. The number of nitrogens with one attached hydrogen (secondary N) is 1. The summed E-state index contributed by atoms with van der Waals surface area (Å²) in [6.45, 7) is 4.00. The molecule has 19 heavy (non-hydrogen) atoms. The third-order valence-electron chi connectivity index (χ3n) is 2.66. The first-order valence-electron chi connectivity index (χ1n) is 5.95. The molecule has 108 valence electrons. The summed E-state index contributed by atoms with van der Waals surface area (Å²) in [4.78, 5) is 8.43. The van der Waals surface area contributed by atoms with Gasteiger partial charge < -0.3 is 5.32 Å². The minimum absolute atomic E-state index is 0.00250. The summed E-state index contributed by atoms with van der Waals surface area (Å²) < 4.78 is 24.4. The monoisotopic (exact) mass is 306 g/mol. The Bertz CT molecular complexity index is 546. The van der Waals surface area contributed by atoms with Crippen LogP contribution in [-0.4, -0.2) is 49.1 Å². The number of halogens is 1. The average Bonchev–Trinajstić information content (AvgIpc) is 2.33. The number of nitrogens with zero attached hydrogens (tertiary/aromatic N) is 3. The summed E-state index contributed by atoms with van der Waals surface area (Å²) in [6.07, 6.45) is 0.671. The number of hydrogen-bond donors (Lipinski definition) is 1. The first kappa shape index (κ1) is 16.1. The lowest BCUT2D eigenvalue weighted by Crippen LogP contribution is -2.28. The van der Waals surface area contributed by atoms with Crippen molar-refractivity contribution in [3.63, 3.8) is 0 Å². The lowest BCUT2D eigenvalue weighted by Gasteiger charge is -2.13. The van der Waals surface area contributed by atoms with Gasteiger partial charge in [-0.2, -0.15) is 0 Å². The number of hydrogen-bond acceptors (Lipinski definition) is 5. The Labute approximate surface area is 119 Å². The Morgan fingerprint density at radius 1 is 1.32 bits per heavy atom. The Kier molecular flexibility index (Phi) is 5.51. The van der Waals surface area contributed by atoms with Gasteiger partial charge in [-0.15, -0.1) is 0 Å². The number of rotatable bonds is 6. The third-order valence-corrected chi connectivity index (χ3v) is 4.86. The highest BCUT2D eigenvalue weighted by Crippen LogP contribution is 2.19. The van der Waals surface area contributed by atoms with Gasteiger partial charge in [0, 0.05) is 32.6 Å². The molecular weight excluding hydrogens is 288 g/mol. The Hall–Kier alpha value is -0.920. The summed E-state index contributed by atoms with van der Waals surface area (Å²) in [5.74, 6) is 1.22. The van der Waals surface area contributed by atoms with Crippen LogP contribution < -0.4 is 5.32 Å². The normalized spacial score (nSPS) is 11.9. The van der Waals surface area contributed by atoms with Crippen molar-refractivity contribution in [3.8, 4) is 0 Å². The third kappa shape index (κ3) is 4.29. The second kappa shape index (κ2) is 6.49. The second-order valence-corrected chi connectivity index (χ2v) is 6.94. The molecular formula is C11H19ClN4O2S. The van der Waals surface area contributed by atoms with Crippen molar-refractivity contribution in [2.45, 2.75) is 20.3 Å². The van der Waals surface area contributed by atoms with E-state index in [1.165, 1.54) is 18.4 Å². The standard InChI is InChI=1S/C11H19ClN4O2S/c1-5-9-14-10(12)8(2)11(15-9)13-6-7-19(17,18)16(3)4/h5-7H2,1-4H3,(H,13,14,15). The summed E-state index contributed by atoms with van der Waals surface area (Å²) in [5, 5.41) is 3.39. The maximum atomic E-state index is 11.6. The summed E-state index contributed by atoms with van der Waals surface area (Å²) in [6, 6.07) is 0. The van der Waals surface area contributed by atoms with E-state index in [2.05, 4.69) is 15.3 Å². The van der Waals surface area contributed by atoms with Crippen LogP contribution >= 0.6 is 11.6 Å². The first-order valence-corrected chi connectivity index (χ1v) is 7.93. The summed E-state index contributed by atoms with van der Waals surface area (Å²) >= 11 is 6.00. The quantitative estimate of drug-likeness (QED) is 0.802. The summed E-state index contributed by atoms with van der Waals surface area (Å²) in [5.41, 5.74) is 0.723. The van der Waals surface area contributed by atoms with E-state index in [0.717, 1.165) is 5.56 Å². The molecule has 0 fully saturated rings. The predicted molar refractivity (Wildman–Crippen MR) is 77.1 cm³/mol. The van der Waals surface area contributed by atoms with Gasteiger partial charge in [0.1, 0.15) is 16.8 Å². The van der Waals surface area contributed by atoms with Crippen molar-refractivity contribution in [3.05, 3.63) is 16.5 Å². The van der Waals surface area contributed by atoms with Gasteiger partial charge in [-0.1, -0.05) is 18.5 Å². The van der Waals surface area contributed by atoms with E-state index >= 15 is 0 Å². The smallest absolute Gasteiger partial charge is 0.215 e. The molecule has 0 aromatic carbocycles. The largest absolute Gasteiger partial charge is 0.369 e. The number of aromatic nitrogens is 2. The van der Waals surface area contributed by atoms with E-state index in [9.17, 15) is 8.42 Å². The fraction of sp³-hybridized carbons (Fsp3) is 0.636. The van der Waals surface area contributed by atoms with Gasteiger partial charge in [0.25, 0.3) is 0 Å². The van der Waals surface area contributed by atoms with Crippen LogP contribution in [0.3, 0.4) is 0 Å². The topological polar surface area (TPSA) is 75.2 Å². The zero-order valence-electron chi connectivity index (χ0n) is 11.6. The second-order valence-electron chi connectivity index (χ2n) is 4.28. The van der Waals surface area contributed by atoms with E-state index in [-0.39, 0.29) is 12.3 Å². The van der Waals surface area contributed by atoms with Crippen LogP contribution in [0, 0.1) is 6.92 Å².